The molecule has 3 rings (SSSR count). The van der Waals surface area contributed by atoms with Crippen LogP contribution in [0.25, 0.3) is 10.9 Å². The molecule has 25 heavy (non-hydrogen) atoms. The van der Waals surface area contributed by atoms with Crippen LogP contribution in [0.15, 0.2) is 42.5 Å². The number of hydrogen-bond donors (Lipinski definition) is 0. The van der Waals surface area contributed by atoms with Crippen molar-refractivity contribution in [3.63, 3.8) is 0 Å². The average molecular weight is 368 g/mol. The molecule has 3 nitrogen and oxygen atoms in total. The van der Waals surface area contributed by atoms with Gasteiger partial charge in [-0.3, -0.25) is 9.36 Å². The molecule has 0 radical (unpaired) electrons. The normalized spacial score (nSPS) is 11.8. The van der Waals surface area contributed by atoms with Crippen LogP contribution in [0, 0.1) is 6.92 Å². The van der Waals surface area contributed by atoms with Crippen molar-refractivity contribution >= 4 is 28.4 Å². The first-order valence-corrected chi connectivity index (χ1v) is 7.67. The Balaban J connectivity index is 2.08. The average Bonchev–Trinajstić information content (AvgIpc) is 2.87. The highest BCUT2D eigenvalue weighted by Crippen LogP contribution is 2.33. The van der Waals surface area contributed by atoms with Crippen LogP contribution in [-0.2, 0) is 6.18 Å². The molecule has 0 atom stereocenters. The van der Waals surface area contributed by atoms with Crippen LogP contribution in [0.1, 0.15) is 21.6 Å². The third-order valence-corrected chi connectivity index (χ3v) is 4.22. The molecule has 0 bridgehead atoms. The number of benzene rings is 2. The van der Waals surface area contributed by atoms with E-state index >= 15 is 0 Å². The van der Waals surface area contributed by atoms with Gasteiger partial charge in [0.05, 0.1) is 23.2 Å². The van der Waals surface area contributed by atoms with Crippen molar-refractivity contribution in [2.75, 3.05) is 7.11 Å². The minimum absolute atomic E-state index is 0.153. The van der Waals surface area contributed by atoms with E-state index < -0.39 is 17.6 Å². The van der Waals surface area contributed by atoms with E-state index in [1.54, 1.807) is 25.1 Å². The van der Waals surface area contributed by atoms with Crippen molar-refractivity contribution in [2.24, 2.45) is 0 Å². The van der Waals surface area contributed by atoms with E-state index in [0.717, 1.165) is 17.5 Å². The molecule has 0 aliphatic rings. The molecular weight excluding hydrogens is 355 g/mol. The van der Waals surface area contributed by atoms with Crippen LogP contribution in [0.2, 0.25) is 5.02 Å². The number of alkyl halides is 3. The van der Waals surface area contributed by atoms with Gasteiger partial charge in [0.2, 0.25) is 0 Å². The lowest BCUT2D eigenvalue weighted by atomic mass is 10.1. The second kappa shape index (κ2) is 6.11. The zero-order valence-corrected chi connectivity index (χ0v) is 14.1. The number of ether oxygens (including phenoxy) is 1. The summed E-state index contributed by atoms with van der Waals surface area (Å²) in [7, 11) is 1.49. The highest BCUT2D eigenvalue weighted by molar-refractivity contribution is 6.33. The van der Waals surface area contributed by atoms with Crippen LogP contribution >= 0.6 is 11.6 Å². The Morgan fingerprint density at radius 1 is 1.12 bits per heavy atom. The van der Waals surface area contributed by atoms with Crippen LogP contribution in [-0.4, -0.2) is 17.6 Å². The molecular formula is C18H13ClF3NO2. The zero-order chi connectivity index (χ0) is 18.4. The van der Waals surface area contributed by atoms with Crippen molar-refractivity contribution in [2.45, 2.75) is 13.1 Å². The summed E-state index contributed by atoms with van der Waals surface area (Å²) in [5.41, 5.74) is 0.559. The number of methoxy groups -OCH3 is 1. The first-order valence-electron chi connectivity index (χ1n) is 7.30. The topological polar surface area (TPSA) is 31.2 Å². The summed E-state index contributed by atoms with van der Waals surface area (Å²) in [6, 6.07) is 9.22. The summed E-state index contributed by atoms with van der Waals surface area (Å²) in [5.74, 6) is 0.0516. The zero-order valence-electron chi connectivity index (χ0n) is 13.3. The standard InChI is InChI=1S/C18H13ClF3NO2/c1-10-7-12-8-16(25-2)14(19)9-15(12)23(10)17(24)11-3-5-13(6-4-11)18(20,21)22/h3-9H,1-2H3. The number of rotatable bonds is 2. The molecule has 7 heteroatoms. The monoisotopic (exact) mass is 367 g/mol. The van der Waals surface area contributed by atoms with Crippen molar-refractivity contribution in [1.29, 1.82) is 0 Å². The van der Waals surface area contributed by atoms with E-state index in [9.17, 15) is 18.0 Å². The van der Waals surface area contributed by atoms with E-state index in [1.165, 1.54) is 23.8 Å². The summed E-state index contributed by atoms with van der Waals surface area (Å²) in [5, 5.41) is 1.09. The first-order chi connectivity index (χ1) is 11.7. The second-order valence-electron chi connectivity index (χ2n) is 5.55. The van der Waals surface area contributed by atoms with E-state index in [-0.39, 0.29) is 5.56 Å². The predicted molar refractivity (Wildman–Crippen MR) is 89.4 cm³/mol. The number of carbonyl (C=O) groups is 1. The van der Waals surface area contributed by atoms with E-state index in [1.807, 2.05) is 0 Å². The molecule has 0 spiro atoms. The van der Waals surface area contributed by atoms with Gasteiger partial charge in [0.15, 0.2) is 0 Å². The summed E-state index contributed by atoms with van der Waals surface area (Å²) in [6.07, 6.45) is -4.44. The Hall–Kier alpha value is -2.47. The maximum Gasteiger partial charge on any atom is 0.416 e. The lowest BCUT2D eigenvalue weighted by molar-refractivity contribution is -0.137. The van der Waals surface area contributed by atoms with Gasteiger partial charge < -0.3 is 4.74 Å². The Labute approximate surface area is 146 Å². The minimum atomic E-state index is -4.44. The molecule has 130 valence electrons. The molecule has 0 aliphatic heterocycles. The molecule has 3 aromatic rings. The Bertz CT molecular complexity index is 959. The number of fused-ring (bicyclic) bond motifs is 1. The number of halogens is 4. The van der Waals surface area contributed by atoms with Gasteiger partial charge in [0.1, 0.15) is 5.75 Å². The number of aromatic nitrogens is 1. The van der Waals surface area contributed by atoms with Gasteiger partial charge in [0.25, 0.3) is 5.91 Å². The molecule has 0 unspecified atom stereocenters. The summed E-state index contributed by atoms with van der Waals surface area (Å²) >= 11 is 6.13. The molecule has 0 saturated heterocycles. The number of aryl methyl sites for hydroxylation is 1. The second-order valence-corrected chi connectivity index (χ2v) is 5.95. The molecule has 0 fully saturated rings. The minimum Gasteiger partial charge on any atom is -0.495 e. The van der Waals surface area contributed by atoms with Crippen LogP contribution < -0.4 is 4.74 Å². The first kappa shape index (κ1) is 17.4. The van der Waals surface area contributed by atoms with Gasteiger partial charge in [0, 0.05) is 16.6 Å². The number of carbonyl (C=O) groups excluding carboxylic acids is 1. The maximum atomic E-state index is 12.8. The Morgan fingerprint density at radius 2 is 1.76 bits per heavy atom. The number of hydrogen-bond acceptors (Lipinski definition) is 2. The van der Waals surface area contributed by atoms with Crippen LogP contribution in [0.5, 0.6) is 5.75 Å². The SMILES string of the molecule is COc1cc2cc(C)n(C(=O)c3ccc(C(F)(F)F)cc3)c2cc1Cl. The van der Waals surface area contributed by atoms with Gasteiger partial charge >= 0.3 is 6.18 Å². The molecule has 1 heterocycles. The lowest BCUT2D eigenvalue weighted by Gasteiger charge is -2.10. The van der Waals surface area contributed by atoms with E-state index in [0.29, 0.717) is 22.0 Å². The lowest BCUT2D eigenvalue weighted by Crippen LogP contribution is -2.14. The summed E-state index contributed by atoms with van der Waals surface area (Å²) in [6.45, 7) is 1.74. The highest BCUT2D eigenvalue weighted by atomic mass is 35.5. The van der Waals surface area contributed by atoms with Crippen LogP contribution in [0.4, 0.5) is 13.2 Å². The third-order valence-electron chi connectivity index (χ3n) is 3.92. The quantitative estimate of drug-likeness (QED) is 0.614. The van der Waals surface area contributed by atoms with Crippen molar-refractivity contribution < 1.29 is 22.7 Å². The van der Waals surface area contributed by atoms with Gasteiger partial charge in [-0.1, -0.05) is 11.6 Å². The van der Waals surface area contributed by atoms with Gasteiger partial charge in [-0.05, 0) is 49.4 Å². The molecule has 2 aromatic carbocycles. The Morgan fingerprint density at radius 3 is 2.32 bits per heavy atom. The molecule has 0 amide bonds. The molecule has 0 saturated carbocycles. The van der Waals surface area contributed by atoms with E-state index in [2.05, 4.69) is 0 Å². The fourth-order valence-electron chi connectivity index (χ4n) is 2.70. The van der Waals surface area contributed by atoms with Crippen molar-refractivity contribution in [3.8, 4) is 5.75 Å². The fourth-order valence-corrected chi connectivity index (χ4v) is 2.94. The molecule has 0 aliphatic carbocycles. The molecule has 1 aromatic heterocycles. The van der Waals surface area contributed by atoms with Crippen molar-refractivity contribution in [3.05, 3.63) is 64.3 Å². The van der Waals surface area contributed by atoms with Gasteiger partial charge in [-0.2, -0.15) is 13.2 Å². The maximum absolute atomic E-state index is 12.8. The highest BCUT2D eigenvalue weighted by Gasteiger charge is 2.30. The smallest absolute Gasteiger partial charge is 0.416 e. The summed E-state index contributed by atoms with van der Waals surface area (Å²) < 4.78 is 44.6. The number of nitrogens with zero attached hydrogens (tertiary/aromatic N) is 1. The fraction of sp³-hybridized carbons (Fsp3) is 0.167. The van der Waals surface area contributed by atoms with Gasteiger partial charge in [-0.25, -0.2) is 0 Å². The summed E-state index contributed by atoms with van der Waals surface area (Å²) in [4.78, 5) is 12.8. The van der Waals surface area contributed by atoms with Crippen LogP contribution in [0.3, 0.4) is 0 Å². The van der Waals surface area contributed by atoms with Crippen molar-refractivity contribution in [1.82, 2.24) is 4.57 Å². The van der Waals surface area contributed by atoms with E-state index in [4.69, 9.17) is 16.3 Å². The third kappa shape index (κ3) is 3.09. The molecule has 0 N–H and O–H groups in total. The van der Waals surface area contributed by atoms with Gasteiger partial charge in [-0.15, -0.1) is 0 Å². The predicted octanol–water partition coefficient (Wildman–Crippen LogP) is 5.32. The largest absolute Gasteiger partial charge is 0.495 e. The Kier molecular flexibility index (Phi) is 4.24.